The number of rotatable bonds is 5. The van der Waals surface area contributed by atoms with Crippen LogP contribution in [0.1, 0.15) is 42.1 Å². The van der Waals surface area contributed by atoms with Crippen LogP contribution >= 0.6 is 0 Å². The number of hydrogen-bond acceptors (Lipinski definition) is 2. The first-order valence-electron chi connectivity index (χ1n) is 7.98. The zero-order valence-corrected chi connectivity index (χ0v) is 14.5. The van der Waals surface area contributed by atoms with Gasteiger partial charge in [-0.2, -0.15) is 0 Å². The maximum Gasteiger partial charge on any atom is 0.261 e. The zero-order valence-electron chi connectivity index (χ0n) is 14.5. The SMILES string of the molecule is Cc1cc(C)c([C@H](C)NC(=O)[C@@H](C)Oc2ccccc2)cc1C. The maximum absolute atomic E-state index is 12.4. The van der Waals surface area contributed by atoms with Crippen LogP contribution in [0.15, 0.2) is 42.5 Å². The Labute approximate surface area is 138 Å². The Morgan fingerprint density at radius 1 is 0.957 bits per heavy atom. The van der Waals surface area contributed by atoms with Gasteiger partial charge in [-0.1, -0.05) is 30.3 Å². The molecule has 0 saturated heterocycles. The van der Waals surface area contributed by atoms with Gasteiger partial charge in [0, 0.05) is 0 Å². The second-order valence-electron chi connectivity index (χ2n) is 6.10. The Bertz CT molecular complexity index is 680. The first kappa shape index (κ1) is 17.1. The monoisotopic (exact) mass is 311 g/mol. The van der Waals surface area contributed by atoms with Crippen molar-refractivity contribution in [2.45, 2.75) is 46.8 Å². The molecule has 0 bridgehead atoms. The number of benzene rings is 2. The van der Waals surface area contributed by atoms with Gasteiger partial charge < -0.3 is 10.1 Å². The summed E-state index contributed by atoms with van der Waals surface area (Å²) < 4.78 is 5.67. The van der Waals surface area contributed by atoms with E-state index in [1.165, 1.54) is 16.7 Å². The summed E-state index contributed by atoms with van der Waals surface area (Å²) in [5, 5.41) is 3.04. The molecular formula is C20H25NO2. The van der Waals surface area contributed by atoms with Crippen molar-refractivity contribution in [3.63, 3.8) is 0 Å². The van der Waals surface area contributed by atoms with E-state index in [0.717, 1.165) is 5.56 Å². The van der Waals surface area contributed by atoms with Gasteiger partial charge >= 0.3 is 0 Å². The van der Waals surface area contributed by atoms with E-state index in [1.54, 1.807) is 6.92 Å². The Hall–Kier alpha value is -2.29. The minimum atomic E-state index is -0.535. The highest BCUT2D eigenvalue weighted by molar-refractivity contribution is 5.81. The Kier molecular flexibility index (Phi) is 5.43. The predicted molar refractivity (Wildman–Crippen MR) is 93.7 cm³/mol. The van der Waals surface area contributed by atoms with Crippen LogP contribution in [-0.2, 0) is 4.79 Å². The van der Waals surface area contributed by atoms with E-state index in [-0.39, 0.29) is 11.9 Å². The van der Waals surface area contributed by atoms with E-state index < -0.39 is 6.10 Å². The molecule has 3 nitrogen and oxygen atoms in total. The minimum Gasteiger partial charge on any atom is -0.481 e. The third kappa shape index (κ3) is 4.35. The van der Waals surface area contributed by atoms with Crippen molar-refractivity contribution in [3.05, 3.63) is 64.7 Å². The van der Waals surface area contributed by atoms with E-state index in [2.05, 4.69) is 38.2 Å². The summed E-state index contributed by atoms with van der Waals surface area (Å²) in [6.07, 6.45) is -0.535. The molecule has 0 radical (unpaired) electrons. The van der Waals surface area contributed by atoms with Crippen LogP contribution in [0.5, 0.6) is 5.75 Å². The number of carbonyl (C=O) groups excluding carboxylic acids is 1. The molecule has 1 amide bonds. The number of carbonyl (C=O) groups is 1. The van der Waals surface area contributed by atoms with Crippen molar-refractivity contribution in [3.8, 4) is 5.75 Å². The number of aryl methyl sites for hydroxylation is 3. The zero-order chi connectivity index (χ0) is 17.0. The van der Waals surface area contributed by atoms with Crippen molar-refractivity contribution in [2.24, 2.45) is 0 Å². The molecule has 0 unspecified atom stereocenters. The molecule has 2 rings (SSSR count). The number of hydrogen-bond donors (Lipinski definition) is 1. The van der Waals surface area contributed by atoms with E-state index >= 15 is 0 Å². The van der Waals surface area contributed by atoms with Gasteiger partial charge in [-0.15, -0.1) is 0 Å². The van der Waals surface area contributed by atoms with Crippen molar-refractivity contribution >= 4 is 5.91 Å². The van der Waals surface area contributed by atoms with Crippen molar-refractivity contribution in [2.75, 3.05) is 0 Å². The van der Waals surface area contributed by atoms with Gasteiger partial charge in [0.25, 0.3) is 5.91 Å². The number of para-hydroxylation sites is 1. The lowest BCUT2D eigenvalue weighted by atomic mass is 9.96. The highest BCUT2D eigenvalue weighted by atomic mass is 16.5. The summed E-state index contributed by atoms with van der Waals surface area (Å²) >= 11 is 0. The van der Waals surface area contributed by atoms with Gasteiger partial charge in [-0.05, 0) is 69.0 Å². The maximum atomic E-state index is 12.4. The Morgan fingerprint density at radius 3 is 2.22 bits per heavy atom. The van der Waals surface area contributed by atoms with Gasteiger partial charge in [0.1, 0.15) is 5.75 Å². The van der Waals surface area contributed by atoms with E-state index in [4.69, 9.17) is 4.74 Å². The van der Waals surface area contributed by atoms with Crippen LogP contribution in [0.4, 0.5) is 0 Å². The van der Waals surface area contributed by atoms with Gasteiger partial charge in [0.2, 0.25) is 0 Å². The lowest BCUT2D eigenvalue weighted by Gasteiger charge is -2.21. The van der Waals surface area contributed by atoms with Crippen LogP contribution in [0, 0.1) is 20.8 Å². The minimum absolute atomic E-state index is 0.0522. The van der Waals surface area contributed by atoms with Crippen LogP contribution in [0.3, 0.4) is 0 Å². The first-order chi connectivity index (χ1) is 10.9. The van der Waals surface area contributed by atoms with Crippen LogP contribution in [0.25, 0.3) is 0 Å². The van der Waals surface area contributed by atoms with Crippen LogP contribution in [-0.4, -0.2) is 12.0 Å². The largest absolute Gasteiger partial charge is 0.481 e. The summed E-state index contributed by atoms with van der Waals surface area (Å²) in [5.74, 6) is 0.587. The van der Waals surface area contributed by atoms with E-state index in [9.17, 15) is 4.79 Å². The predicted octanol–water partition coefficient (Wildman–Crippen LogP) is 4.26. The highest BCUT2D eigenvalue weighted by Gasteiger charge is 2.19. The quantitative estimate of drug-likeness (QED) is 0.896. The molecular weight excluding hydrogens is 286 g/mol. The second-order valence-corrected chi connectivity index (χ2v) is 6.10. The molecule has 1 N–H and O–H groups in total. The standard InChI is InChI=1S/C20H25NO2/c1-13-11-15(3)19(12-14(13)2)16(4)21-20(22)17(5)23-18-9-7-6-8-10-18/h6-12,16-17H,1-5H3,(H,21,22)/t16-,17+/m0/s1. The lowest BCUT2D eigenvalue weighted by Crippen LogP contribution is -2.38. The molecule has 2 aromatic rings. The van der Waals surface area contributed by atoms with E-state index in [1.807, 2.05) is 37.3 Å². The fourth-order valence-electron chi connectivity index (χ4n) is 2.61. The second kappa shape index (κ2) is 7.32. The average molecular weight is 311 g/mol. The molecule has 0 heterocycles. The summed E-state index contributed by atoms with van der Waals surface area (Å²) in [6.45, 7) is 10.0. The molecule has 0 aromatic heterocycles. The fraction of sp³-hybridized carbons (Fsp3) is 0.350. The molecule has 0 aliphatic carbocycles. The van der Waals surface area contributed by atoms with Crippen molar-refractivity contribution < 1.29 is 9.53 Å². The van der Waals surface area contributed by atoms with Crippen molar-refractivity contribution in [1.82, 2.24) is 5.32 Å². The third-order valence-corrected chi connectivity index (χ3v) is 4.13. The summed E-state index contributed by atoms with van der Waals surface area (Å²) in [6, 6.07) is 13.7. The summed E-state index contributed by atoms with van der Waals surface area (Å²) in [7, 11) is 0. The molecule has 2 atom stereocenters. The topological polar surface area (TPSA) is 38.3 Å². The number of nitrogens with one attached hydrogen (secondary N) is 1. The molecule has 23 heavy (non-hydrogen) atoms. The molecule has 0 fully saturated rings. The normalized spacial score (nSPS) is 13.3. The van der Waals surface area contributed by atoms with Crippen LogP contribution < -0.4 is 10.1 Å². The molecule has 2 aromatic carbocycles. The third-order valence-electron chi connectivity index (χ3n) is 4.13. The van der Waals surface area contributed by atoms with Gasteiger partial charge in [0.15, 0.2) is 6.10 Å². The van der Waals surface area contributed by atoms with Gasteiger partial charge in [-0.3, -0.25) is 4.79 Å². The molecule has 0 saturated carbocycles. The molecule has 0 aliphatic heterocycles. The average Bonchev–Trinajstić information content (AvgIpc) is 2.51. The highest BCUT2D eigenvalue weighted by Crippen LogP contribution is 2.22. The Morgan fingerprint density at radius 2 is 1.57 bits per heavy atom. The first-order valence-corrected chi connectivity index (χ1v) is 7.98. The van der Waals surface area contributed by atoms with Gasteiger partial charge in [0.05, 0.1) is 6.04 Å². The smallest absolute Gasteiger partial charge is 0.261 e. The lowest BCUT2D eigenvalue weighted by molar-refractivity contribution is -0.127. The fourth-order valence-corrected chi connectivity index (χ4v) is 2.61. The number of amides is 1. The van der Waals surface area contributed by atoms with Crippen LogP contribution in [0.2, 0.25) is 0 Å². The van der Waals surface area contributed by atoms with Crippen molar-refractivity contribution in [1.29, 1.82) is 0 Å². The summed E-state index contributed by atoms with van der Waals surface area (Å²) in [5.41, 5.74) is 4.84. The molecule has 0 aliphatic rings. The summed E-state index contributed by atoms with van der Waals surface area (Å²) in [4.78, 5) is 12.4. The molecule has 122 valence electrons. The number of ether oxygens (including phenoxy) is 1. The van der Waals surface area contributed by atoms with Gasteiger partial charge in [-0.25, -0.2) is 0 Å². The van der Waals surface area contributed by atoms with E-state index in [0.29, 0.717) is 5.75 Å². The molecule has 0 spiro atoms. The Balaban J connectivity index is 2.03. The molecule has 3 heteroatoms.